The van der Waals surface area contributed by atoms with Crippen LogP contribution in [0.3, 0.4) is 0 Å². The van der Waals surface area contributed by atoms with E-state index in [0.29, 0.717) is 0 Å². The van der Waals surface area contributed by atoms with Crippen LogP contribution in [0.4, 0.5) is 0 Å². The van der Waals surface area contributed by atoms with E-state index in [-0.39, 0.29) is 38.4 Å². The van der Waals surface area contributed by atoms with Crippen molar-refractivity contribution in [1.82, 2.24) is 0 Å². The largest absolute Gasteiger partial charge is 0.463 e. The molecule has 1 fully saturated rings. The molecule has 3 aromatic carbocycles. The Hall–Kier alpha value is -3.50. The van der Waals surface area contributed by atoms with Gasteiger partial charge in [0.1, 0.15) is 36.1 Å². The van der Waals surface area contributed by atoms with E-state index < -0.39 is 41.8 Å². The summed E-state index contributed by atoms with van der Waals surface area (Å²) in [5.41, 5.74) is 2.24. The Balaban J connectivity index is 1.69. The Morgan fingerprint density at radius 1 is 0.744 bits per heavy atom. The van der Waals surface area contributed by atoms with Crippen molar-refractivity contribution in [3.8, 4) is 0 Å². The normalized spacial score (nSPS) is 21.6. The lowest BCUT2D eigenvalue weighted by atomic mass is 9.99. The van der Waals surface area contributed by atoms with Crippen molar-refractivity contribution >= 4 is 29.5 Å². The maximum Gasteiger partial charge on any atom is 0.306 e. The molecule has 43 heavy (non-hydrogen) atoms. The number of aryl methyl sites for hydroxylation is 1. The van der Waals surface area contributed by atoms with Gasteiger partial charge in [-0.05, 0) is 37.1 Å². The fourth-order valence-electron chi connectivity index (χ4n) is 4.60. The first kappa shape index (κ1) is 32.4. The average Bonchev–Trinajstić information content (AvgIpc) is 3.00. The van der Waals surface area contributed by atoms with Gasteiger partial charge in [0.05, 0.1) is 19.6 Å². The molecular weight excluding hydrogens is 568 g/mol. The summed E-state index contributed by atoms with van der Waals surface area (Å²) in [5.74, 6) is -1.09. The van der Waals surface area contributed by atoms with Crippen molar-refractivity contribution in [2.24, 2.45) is 0 Å². The summed E-state index contributed by atoms with van der Waals surface area (Å²) in [7, 11) is 0. The summed E-state index contributed by atoms with van der Waals surface area (Å²) in [6, 6.07) is 27.2. The third-order valence-electron chi connectivity index (χ3n) is 6.83. The number of rotatable bonds is 14. The van der Waals surface area contributed by atoms with Crippen LogP contribution in [0, 0.1) is 6.92 Å². The van der Waals surface area contributed by atoms with E-state index in [9.17, 15) is 14.4 Å². The number of benzene rings is 3. The summed E-state index contributed by atoms with van der Waals surface area (Å²) >= 11 is 1.39. The monoisotopic (exact) mass is 606 g/mol. The number of hydrogen-bond acceptors (Lipinski definition) is 9. The second kappa shape index (κ2) is 16.4. The van der Waals surface area contributed by atoms with E-state index in [1.807, 2.05) is 91.9 Å². The first-order valence-electron chi connectivity index (χ1n) is 14.3. The molecule has 0 aliphatic carbocycles. The Labute approximate surface area is 257 Å². The van der Waals surface area contributed by atoms with Crippen LogP contribution in [-0.2, 0) is 51.3 Å². The Morgan fingerprint density at radius 2 is 1.33 bits per heavy atom. The van der Waals surface area contributed by atoms with Gasteiger partial charge in [-0.1, -0.05) is 90.1 Å². The lowest BCUT2D eigenvalue weighted by Gasteiger charge is -2.45. The van der Waals surface area contributed by atoms with Crippen LogP contribution in [0.2, 0.25) is 0 Å². The molecule has 228 valence electrons. The number of carbonyl (C=O) groups excluding carboxylic acids is 3. The van der Waals surface area contributed by atoms with Gasteiger partial charge in [-0.25, -0.2) is 0 Å². The van der Waals surface area contributed by atoms with E-state index in [1.165, 1.54) is 25.6 Å². The summed E-state index contributed by atoms with van der Waals surface area (Å²) in [6.45, 7) is 5.16. The molecule has 0 aromatic heterocycles. The minimum atomic E-state index is -0.899. The number of esters is 2. The maximum absolute atomic E-state index is 13.1. The standard InChI is InChI=1S/C34H38O8S/c1-23-14-17-28(18-15-23)43-34-33(42-30(37)19-16-24(2)35)32(40-21-27-12-8-5-9-13-27)31(29(41-34)22-38-25(3)36)39-20-26-10-6-4-7-11-26/h4-15,17-18,29,31-34H,16,19-22H2,1-3H3/t29-,31-,32+,33-,34+/m1/s1. The van der Waals surface area contributed by atoms with Crippen molar-refractivity contribution in [3.63, 3.8) is 0 Å². The second-order valence-corrected chi connectivity index (χ2v) is 11.6. The van der Waals surface area contributed by atoms with Crippen LogP contribution in [0.1, 0.15) is 43.4 Å². The van der Waals surface area contributed by atoms with Gasteiger partial charge >= 0.3 is 11.9 Å². The highest BCUT2D eigenvalue weighted by atomic mass is 32.2. The first-order valence-corrected chi connectivity index (χ1v) is 15.2. The number of Topliss-reactive ketones (excluding diaryl/α,β-unsaturated/α-hetero) is 1. The van der Waals surface area contributed by atoms with Crippen LogP contribution in [-0.4, -0.2) is 54.2 Å². The molecule has 1 aliphatic rings. The Bertz CT molecular complexity index is 1320. The van der Waals surface area contributed by atoms with Crippen molar-refractivity contribution in [2.45, 2.75) is 81.6 Å². The number of thioether (sulfide) groups is 1. The van der Waals surface area contributed by atoms with E-state index in [2.05, 4.69) is 0 Å². The summed E-state index contributed by atoms with van der Waals surface area (Å²) in [6.07, 6.45) is -3.16. The first-order chi connectivity index (χ1) is 20.8. The molecule has 0 bridgehead atoms. The number of ketones is 1. The zero-order valence-electron chi connectivity index (χ0n) is 24.7. The molecule has 1 heterocycles. The third-order valence-corrected chi connectivity index (χ3v) is 7.99. The molecule has 0 amide bonds. The highest BCUT2D eigenvalue weighted by Crippen LogP contribution is 2.38. The second-order valence-electron chi connectivity index (χ2n) is 10.5. The number of hydrogen-bond donors (Lipinski definition) is 0. The highest BCUT2D eigenvalue weighted by Gasteiger charge is 2.50. The quantitative estimate of drug-likeness (QED) is 0.210. The van der Waals surface area contributed by atoms with Crippen molar-refractivity contribution < 1.29 is 38.1 Å². The van der Waals surface area contributed by atoms with Gasteiger partial charge in [0.25, 0.3) is 0 Å². The predicted molar refractivity (Wildman–Crippen MR) is 162 cm³/mol. The zero-order valence-corrected chi connectivity index (χ0v) is 25.5. The van der Waals surface area contributed by atoms with Crippen LogP contribution in [0.15, 0.2) is 89.8 Å². The lowest BCUT2D eigenvalue weighted by molar-refractivity contribution is -0.248. The van der Waals surface area contributed by atoms with Crippen LogP contribution < -0.4 is 0 Å². The topological polar surface area (TPSA) is 97.4 Å². The van der Waals surface area contributed by atoms with Gasteiger partial charge in [0.15, 0.2) is 6.10 Å². The fraction of sp³-hybridized carbons (Fsp3) is 0.382. The smallest absolute Gasteiger partial charge is 0.306 e. The Kier molecular flexibility index (Phi) is 12.3. The average molecular weight is 607 g/mol. The summed E-state index contributed by atoms with van der Waals surface area (Å²) in [5, 5.41) is 0. The zero-order chi connectivity index (χ0) is 30.6. The molecular formula is C34H38O8S. The third kappa shape index (κ3) is 10.3. The predicted octanol–water partition coefficient (Wildman–Crippen LogP) is 5.83. The van der Waals surface area contributed by atoms with Gasteiger partial charge in [-0.2, -0.15) is 0 Å². The van der Waals surface area contributed by atoms with E-state index in [0.717, 1.165) is 21.6 Å². The molecule has 9 heteroatoms. The van der Waals surface area contributed by atoms with Crippen molar-refractivity contribution in [3.05, 3.63) is 102 Å². The fourth-order valence-corrected chi connectivity index (χ4v) is 5.70. The molecule has 1 aliphatic heterocycles. The Morgan fingerprint density at radius 3 is 1.88 bits per heavy atom. The lowest BCUT2D eigenvalue weighted by Crippen LogP contribution is -2.60. The van der Waals surface area contributed by atoms with Crippen molar-refractivity contribution in [1.29, 1.82) is 0 Å². The van der Waals surface area contributed by atoms with E-state index in [1.54, 1.807) is 0 Å². The van der Waals surface area contributed by atoms with Crippen LogP contribution in [0.5, 0.6) is 0 Å². The minimum Gasteiger partial charge on any atom is -0.463 e. The van der Waals surface area contributed by atoms with Crippen molar-refractivity contribution in [2.75, 3.05) is 6.61 Å². The van der Waals surface area contributed by atoms with Gasteiger partial charge < -0.3 is 28.5 Å². The maximum atomic E-state index is 13.1. The number of ether oxygens (including phenoxy) is 5. The number of carbonyl (C=O) groups is 3. The molecule has 4 rings (SSSR count). The molecule has 5 atom stereocenters. The molecule has 3 aromatic rings. The van der Waals surface area contributed by atoms with Gasteiger partial charge in [0, 0.05) is 18.2 Å². The molecule has 8 nitrogen and oxygen atoms in total. The van der Waals surface area contributed by atoms with Gasteiger partial charge in [-0.15, -0.1) is 0 Å². The summed E-state index contributed by atoms with van der Waals surface area (Å²) < 4.78 is 31.0. The molecule has 0 unspecified atom stereocenters. The molecule has 1 saturated heterocycles. The summed E-state index contributed by atoms with van der Waals surface area (Å²) in [4.78, 5) is 37.4. The van der Waals surface area contributed by atoms with E-state index in [4.69, 9.17) is 23.7 Å². The molecule has 0 N–H and O–H groups in total. The molecule has 0 spiro atoms. The SMILES string of the molecule is CC(=O)CCC(=O)O[C@@H]1[C@@H](OCc2ccccc2)[C@H](OCc2ccccc2)[C@@H](COC(C)=O)O[C@H]1Sc1ccc(C)cc1. The van der Waals surface area contributed by atoms with Crippen LogP contribution in [0.25, 0.3) is 0 Å². The molecule has 0 saturated carbocycles. The highest BCUT2D eigenvalue weighted by molar-refractivity contribution is 7.99. The van der Waals surface area contributed by atoms with Gasteiger partial charge in [-0.3, -0.25) is 9.59 Å². The van der Waals surface area contributed by atoms with E-state index >= 15 is 0 Å². The van der Waals surface area contributed by atoms with Gasteiger partial charge in [0.2, 0.25) is 0 Å². The minimum absolute atomic E-state index is 0.0639. The molecule has 0 radical (unpaired) electrons. The van der Waals surface area contributed by atoms with Crippen LogP contribution >= 0.6 is 11.8 Å².